The number of phenolic OH excluding ortho intramolecular Hbond substituents is 1. The third-order valence-corrected chi connectivity index (χ3v) is 6.61. The molecule has 1 saturated heterocycles. The van der Waals surface area contributed by atoms with Crippen LogP contribution >= 0.6 is 0 Å². The minimum absolute atomic E-state index is 0.0238. The van der Waals surface area contributed by atoms with Crippen LogP contribution in [0.4, 0.5) is 0 Å². The topological polar surface area (TPSA) is 104 Å². The Morgan fingerprint density at radius 2 is 1.79 bits per heavy atom. The molecule has 190 valence electrons. The number of phenols is 1. The lowest BCUT2D eigenvalue weighted by Crippen LogP contribution is -2.29. The van der Waals surface area contributed by atoms with Crippen LogP contribution < -0.4 is 14.8 Å². The average Bonchev–Trinajstić information content (AvgIpc) is 3.18. The van der Waals surface area contributed by atoms with E-state index in [1.54, 1.807) is 54.9 Å². The third kappa shape index (κ3) is 4.99. The molecule has 0 bridgehead atoms. The Morgan fingerprint density at radius 3 is 2.50 bits per heavy atom. The van der Waals surface area contributed by atoms with Gasteiger partial charge in [0.05, 0.1) is 12.6 Å². The summed E-state index contributed by atoms with van der Waals surface area (Å²) in [4.78, 5) is 30.7. The number of hydrogen-bond donors (Lipinski definition) is 1. The van der Waals surface area contributed by atoms with Gasteiger partial charge in [0.25, 0.3) is 5.91 Å². The molecule has 2 N–H and O–H groups in total. The lowest BCUT2D eigenvalue weighted by Gasteiger charge is -2.27. The second-order valence-electron chi connectivity index (χ2n) is 9.15. The number of aromatic nitrogens is 1. The summed E-state index contributed by atoms with van der Waals surface area (Å²) in [7, 11) is 0. The molecule has 1 unspecified atom stereocenters. The van der Waals surface area contributed by atoms with Gasteiger partial charge in [0.15, 0.2) is 12.4 Å². The molecule has 1 aliphatic rings. The fourth-order valence-corrected chi connectivity index (χ4v) is 4.59. The van der Waals surface area contributed by atoms with Gasteiger partial charge >= 0.3 is 0 Å². The molecule has 0 saturated carbocycles. The molecule has 1 aliphatic heterocycles. The van der Waals surface area contributed by atoms with Crippen molar-refractivity contribution in [2.75, 3.05) is 0 Å². The van der Waals surface area contributed by atoms with Crippen molar-refractivity contribution in [3.05, 3.63) is 131 Å². The highest BCUT2D eigenvalue weighted by Crippen LogP contribution is 2.40. The largest absolute Gasteiger partial charge is 0.872 e. The lowest BCUT2D eigenvalue weighted by molar-refractivity contribution is -0.378. The van der Waals surface area contributed by atoms with Crippen LogP contribution in [0.15, 0.2) is 103 Å². The maximum atomic E-state index is 13.7. The van der Waals surface area contributed by atoms with Gasteiger partial charge in [-0.05, 0) is 59.5 Å². The molecule has 1 amide bonds. The number of rotatable bonds is 7. The Bertz CT molecular complexity index is 1510. The summed E-state index contributed by atoms with van der Waals surface area (Å²) in [6.45, 7) is 2.51. The van der Waals surface area contributed by atoms with E-state index >= 15 is 0 Å². The minimum Gasteiger partial charge on any atom is -0.872 e. The molecule has 0 radical (unpaired) electrons. The number of nitrogens with zero attached hydrogens (tertiary/aromatic N) is 1. The fourth-order valence-electron chi connectivity index (χ4n) is 4.59. The molecule has 2 heterocycles. The van der Waals surface area contributed by atoms with E-state index in [9.17, 15) is 19.8 Å². The molecule has 38 heavy (non-hydrogen) atoms. The van der Waals surface area contributed by atoms with Gasteiger partial charge in [0.1, 0.15) is 18.1 Å². The van der Waals surface area contributed by atoms with Gasteiger partial charge in [-0.1, -0.05) is 54.3 Å². The molecule has 7 heteroatoms. The summed E-state index contributed by atoms with van der Waals surface area (Å²) in [5.41, 5.74) is 3.55. The smallest absolute Gasteiger partial charge is 0.295 e. The van der Waals surface area contributed by atoms with Crippen LogP contribution in [0.2, 0.25) is 0 Å². The second kappa shape index (κ2) is 10.6. The molecule has 1 fully saturated rings. The highest BCUT2D eigenvalue weighted by molar-refractivity contribution is 6.46. The number of nitrogens with one attached hydrogen (secondary N) is 1. The molecule has 7 nitrogen and oxygen atoms in total. The number of carbonyl (C=O) groups is 2. The van der Waals surface area contributed by atoms with E-state index in [2.05, 4.69) is 4.98 Å². The van der Waals surface area contributed by atoms with E-state index < -0.39 is 23.5 Å². The van der Waals surface area contributed by atoms with Crippen molar-refractivity contribution in [3.8, 4) is 11.5 Å². The van der Waals surface area contributed by atoms with E-state index in [1.165, 1.54) is 17.0 Å². The molecular formula is C31H26N2O5. The summed E-state index contributed by atoms with van der Waals surface area (Å²) in [6.07, 6.45) is 3.47. The normalized spacial score (nSPS) is 16.6. The van der Waals surface area contributed by atoms with Crippen molar-refractivity contribution < 1.29 is 29.5 Å². The van der Waals surface area contributed by atoms with Gasteiger partial charge in [-0.2, -0.15) is 0 Å². The maximum Gasteiger partial charge on any atom is 0.295 e. The zero-order valence-corrected chi connectivity index (χ0v) is 20.8. The minimum atomic E-state index is -0.938. The summed E-state index contributed by atoms with van der Waals surface area (Å²) in [6, 6.07) is 23.4. The van der Waals surface area contributed by atoms with Crippen LogP contribution in [0.3, 0.4) is 0 Å². The number of pyridine rings is 1. The van der Waals surface area contributed by atoms with Crippen molar-refractivity contribution in [2.24, 2.45) is 0 Å². The van der Waals surface area contributed by atoms with E-state index in [1.807, 2.05) is 37.3 Å². The SMILES string of the molecule is Cc1ccccc1COc1ccc(/C([O-])=C2\C(=O)C(=O)N(Cc3ccc[nH+]c3)C2c2cccc(O)c2)cc1. The number of H-pyrrole nitrogens is 1. The Morgan fingerprint density at radius 1 is 1.00 bits per heavy atom. The number of likely N-dealkylation sites (tertiary alicyclic amines) is 1. The molecule has 0 spiro atoms. The summed E-state index contributed by atoms with van der Waals surface area (Å²) < 4.78 is 5.88. The van der Waals surface area contributed by atoms with Gasteiger partial charge < -0.3 is 19.8 Å². The van der Waals surface area contributed by atoms with Crippen molar-refractivity contribution in [3.63, 3.8) is 0 Å². The number of aromatic hydroxyl groups is 1. The van der Waals surface area contributed by atoms with Crippen molar-refractivity contribution in [1.82, 2.24) is 4.90 Å². The van der Waals surface area contributed by atoms with Crippen LogP contribution in [0.5, 0.6) is 11.5 Å². The van der Waals surface area contributed by atoms with E-state index in [4.69, 9.17) is 4.74 Å². The quantitative estimate of drug-likeness (QED) is 0.235. The number of carbonyl (C=O) groups excluding carboxylic acids is 2. The number of amides is 1. The van der Waals surface area contributed by atoms with Crippen LogP contribution in [-0.4, -0.2) is 21.7 Å². The van der Waals surface area contributed by atoms with Crippen molar-refractivity contribution >= 4 is 17.4 Å². The van der Waals surface area contributed by atoms with Crippen molar-refractivity contribution in [1.29, 1.82) is 0 Å². The first kappa shape index (κ1) is 24.8. The first-order valence-corrected chi connectivity index (χ1v) is 12.2. The zero-order chi connectivity index (χ0) is 26.6. The Balaban J connectivity index is 1.48. The zero-order valence-electron chi connectivity index (χ0n) is 20.8. The number of aryl methyl sites for hydroxylation is 1. The van der Waals surface area contributed by atoms with Crippen molar-refractivity contribution in [2.45, 2.75) is 26.1 Å². The van der Waals surface area contributed by atoms with Crippen LogP contribution in [-0.2, 0) is 22.7 Å². The molecule has 5 rings (SSSR count). The number of Topliss-reactive ketones (excluding diaryl/α,β-unsaturated/α-hetero) is 1. The first-order valence-electron chi connectivity index (χ1n) is 12.2. The van der Waals surface area contributed by atoms with Gasteiger partial charge in [0.2, 0.25) is 5.78 Å². The average molecular weight is 507 g/mol. The van der Waals surface area contributed by atoms with Crippen LogP contribution in [0.1, 0.15) is 33.9 Å². The Labute approximate surface area is 220 Å². The maximum absolute atomic E-state index is 13.7. The first-order chi connectivity index (χ1) is 18.4. The summed E-state index contributed by atoms with van der Waals surface area (Å²) in [5.74, 6) is -1.59. The van der Waals surface area contributed by atoms with Gasteiger partial charge in [0, 0.05) is 17.2 Å². The van der Waals surface area contributed by atoms with E-state index in [0.717, 1.165) is 16.7 Å². The fraction of sp³-hybridized carbons (Fsp3) is 0.129. The monoisotopic (exact) mass is 506 g/mol. The van der Waals surface area contributed by atoms with Gasteiger partial charge in [-0.3, -0.25) is 9.59 Å². The predicted octanol–water partition coefficient (Wildman–Crippen LogP) is 3.52. The standard InChI is InChI=1S/C31H26N2O5/c1-20-6-2-3-8-24(20)19-38-26-13-11-22(12-14-26)29(35)27-28(23-9-4-10-25(34)16-23)33(31(37)30(27)36)18-21-7-5-15-32-17-21/h2-17,28,34-35H,18-19H2,1H3/b29-27+. The summed E-state index contributed by atoms with van der Waals surface area (Å²) in [5, 5.41) is 23.8. The molecule has 1 aromatic heterocycles. The number of hydrogen-bond acceptors (Lipinski definition) is 5. The second-order valence-corrected chi connectivity index (χ2v) is 9.15. The Kier molecular flexibility index (Phi) is 6.91. The number of aromatic amines is 1. The molecule has 4 aromatic rings. The van der Waals surface area contributed by atoms with E-state index in [-0.39, 0.29) is 23.4 Å². The Hall–Kier alpha value is -4.91. The van der Waals surface area contributed by atoms with Gasteiger partial charge in [-0.25, -0.2) is 4.98 Å². The predicted molar refractivity (Wildman–Crippen MR) is 138 cm³/mol. The van der Waals surface area contributed by atoms with Crippen LogP contribution in [0.25, 0.3) is 5.76 Å². The summed E-state index contributed by atoms with van der Waals surface area (Å²) >= 11 is 0. The van der Waals surface area contributed by atoms with E-state index in [0.29, 0.717) is 17.9 Å². The number of ketones is 1. The molecule has 1 atom stereocenters. The van der Waals surface area contributed by atoms with Crippen LogP contribution in [0, 0.1) is 6.92 Å². The highest BCUT2D eigenvalue weighted by atomic mass is 16.5. The molecule has 0 aliphatic carbocycles. The number of ether oxygens (including phenoxy) is 1. The number of benzene rings is 3. The third-order valence-electron chi connectivity index (χ3n) is 6.61. The van der Waals surface area contributed by atoms with Gasteiger partial charge in [-0.15, -0.1) is 0 Å². The molecule has 3 aromatic carbocycles. The lowest BCUT2D eigenvalue weighted by atomic mass is 9.95. The highest BCUT2D eigenvalue weighted by Gasteiger charge is 2.44. The molecular weight excluding hydrogens is 480 g/mol.